The van der Waals surface area contributed by atoms with Gasteiger partial charge in [-0.15, -0.1) is 0 Å². The third kappa shape index (κ3) is 2.69. The van der Waals surface area contributed by atoms with Gasteiger partial charge in [0.25, 0.3) is 0 Å². The average Bonchev–Trinajstić information content (AvgIpc) is 2.01. The molecule has 3 nitrogen and oxygen atoms in total. The molecule has 1 rings (SSSR count). The van der Waals surface area contributed by atoms with Crippen molar-refractivity contribution >= 4 is 0 Å². The summed E-state index contributed by atoms with van der Waals surface area (Å²) < 4.78 is 5.49. The Balaban J connectivity index is 2.32. The maximum absolute atomic E-state index is 9.74. The van der Waals surface area contributed by atoms with Crippen LogP contribution in [0.15, 0.2) is 0 Å². The van der Waals surface area contributed by atoms with E-state index in [1.54, 1.807) is 7.11 Å². The molecule has 0 bridgehead atoms. The fourth-order valence-corrected chi connectivity index (χ4v) is 1.61. The van der Waals surface area contributed by atoms with Crippen LogP contribution in [0.2, 0.25) is 0 Å². The molecular weight excluding hydrogens is 178 g/mol. The van der Waals surface area contributed by atoms with E-state index in [1.165, 1.54) is 6.42 Å². The first kappa shape index (κ1) is 12.0. The van der Waals surface area contributed by atoms with Crippen molar-refractivity contribution in [1.29, 1.82) is 0 Å². The summed E-state index contributed by atoms with van der Waals surface area (Å²) in [5, 5.41) is 13.1. The third-order valence-electron chi connectivity index (χ3n) is 3.49. The van der Waals surface area contributed by atoms with Gasteiger partial charge in [-0.1, -0.05) is 0 Å². The molecule has 1 atom stereocenters. The molecule has 1 aliphatic rings. The first-order chi connectivity index (χ1) is 6.40. The van der Waals surface area contributed by atoms with Crippen LogP contribution >= 0.6 is 0 Å². The molecule has 2 N–H and O–H groups in total. The van der Waals surface area contributed by atoms with E-state index in [1.807, 2.05) is 20.8 Å². The Bertz CT molecular complexity index is 177. The molecule has 0 saturated heterocycles. The van der Waals surface area contributed by atoms with Gasteiger partial charge in [-0.3, -0.25) is 0 Å². The summed E-state index contributed by atoms with van der Waals surface area (Å²) in [6.07, 6.45) is 3.52. The van der Waals surface area contributed by atoms with Crippen LogP contribution in [-0.2, 0) is 4.74 Å². The molecule has 1 fully saturated rings. The molecule has 0 aromatic carbocycles. The van der Waals surface area contributed by atoms with Crippen LogP contribution in [0.3, 0.4) is 0 Å². The van der Waals surface area contributed by atoms with E-state index in [-0.39, 0.29) is 11.6 Å². The van der Waals surface area contributed by atoms with E-state index < -0.39 is 5.60 Å². The maximum atomic E-state index is 9.74. The molecule has 0 amide bonds. The first-order valence-electron chi connectivity index (χ1n) is 5.40. The van der Waals surface area contributed by atoms with Gasteiger partial charge in [-0.25, -0.2) is 0 Å². The Morgan fingerprint density at radius 1 is 1.50 bits per heavy atom. The van der Waals surface area contributed by atoms with Crippen LogP contribution in [0.5, 0.6) is 0 Å². The molecule has 0 aromatic heterocycles. The predicted octanol–water partition coefficient (Wildman–Crippen LogP) is 1.30. The van der Waals surface area contributed by atoms with Gasteiger partial charge >= 0.3 is 0 Å². The van der Waals surface area contributed by atoms with Crippen LogP contribution < -0.4 is 5.32 Å². The van der Waals surface area contributed by atoms with E-state index >= 15 is 0 Å². The fourth-order valence-electron chi connectivity index (χ4n) is 1.61. The van der Waals surface area contributed by atoms with Crippen molar-refractivity contribution in [2.24, 2.45) is 0 Å². The minimum absolute atomic E-state index is 0.0412. The van der Waals surface area contributed by atoms with Crippen LogP contribution in [0.1, 0.15) is 40.0 Å². The van der Waals surface area contributed by atoms with Gasteiger partial charge in [0.05, 0.1) is 11.2 Å². The highest BCUT2D eigenvalue weighted by Gasteiger charge is 2.37. The highest BCUT2D eigenvalue weighted by Crippen LogP contribution is 2.34. The van der Waals surface area contributed by atoms with Gasteiger partial charge in [-0.2, -0.15) is 0 Å². The minimum atomic E-state index is -0.668. The van der Waals surface area contributed by atoms with E-state index in [9.17, 15) is 5.11 Å². The summed E-state index contributed by atoms with van der Waals surface area (Å²) in [4.78, 5) is 0. The molecule has 14 heavy (non-hydrogen) atoms. The summed E-state index contributed by atoms with van der Waals surface area (Å²) >= 11 is 0. The largest absolute Gasteiger partial charge is 0.389 e. The molecule has 3 heteroatoms. The first-order valence-corrected chi connectivity index (χ1v) is 5.40. The molecule has 0 aliphatic heterocycles. The highest BCUT2D eigenvalue weighted by molar-refractivity contribution is 4.93. The number of rotatable bonds is 5. The van der Waals surface area contributed by atoms with Gasteiger partial charge in [-0.05, 0) is 40.0 Å². The van der Waals surface area contributed by atoms with Crippen molar-refractivity contribution in [2.45, 2.75) is 57.3 Å². The summed E-state index contributed by atoms with van der Waals surface area (Å²) in [5.74, 6) is 0. The number of nitrogens with one attached hydrogen (secondary N) is 1. The summed E-state index contributed by atoms with van der Waals surface area (Å²) in [6.45, 7) is 6.49. The number of aliphatic hydroxyl groups is 1. The van der Waals surface area contributed by atoms with Crippen molar-refractivity contribution in [3.8, 4) is 0 Å². The smallest absolute Gasteiger partial charge is 0.0802 e. The van der Waals surface area contributed by atoms with Crippen molar-refractivity contribution in [1.82, 2.24) is 5.32 Å². The average molecular weight is 201 g/mol. The van der Waals surface area contributed by atoms with Crippen molar-refractivity contribution in [2.75, 3.05) is 13.7 Å². The molecule has 1 saturated carbocycles. The number of methoxy groups -OCH3 is 1. The van der Waals surface area contributed by atoms with Gasteiger partial charge in [0.15, 0.2) is 0 Å². The Kier molecular flexibility index (Phi) is 3.56. The van der Waals surface area contributed by atoms with Crippen LogP contribution in [0, 0.1) is 0 Å². The predicted molar refractivity (Wildman–Crippen MR) is 57.4 cm³/mol. The van der Waals surface area contributed by atoms with Crippen LogP contribution in [0.4, 0.5) is 0 Å². The van der Waals surface area contributed by atoms with E-state index in [2.05, 4.69) is 5.32 Å². The Morgan fingerprint density at radius 2 is 2.07 bits per heavy atom. The summed E-state index contributed by atoms with van der Waals surface area (Å²) in [5.41, 5.74) is -0.627. The van der Waals surface area contributed by atoms with Gasteiger partial charge in [0, 0.05) is 19.7 Å². The van der Waals surface area contributed by atoms with Crippen molar-refractivity contribution in [3.63, 3.8) is 0 Å². The highest BCUT2D eigenvalue weighted by atomic mass is 16.5. The second-order valence-corrected chi connectivity index (χ2v) is 5.00. The summed E-state index contributed by atoms with van der Waals surface area (Å²) in [7, 11) is 1.77. The van der Waals surface area contributed by atoms with Crippen LogP contribution in [0.25, 0.3) is 0 Å². The van der Waals surface area contributed by atoms with E-state index in [4.69, 9.17) is 4.74 Å². The normalized spacial score (nSPS) is 22.9. The van der Waals surface area contributed by atoms with Crippen LogP contribution in [-0.4, -0.2) is 36.0 Å². The lowest BCUT2D eigenvalue weighted by molar-refractivity contribution is -0.0754. The zero-order valence-electron chi connectivity index (χ0n) is 9.76. The number of hydrogen-bond donors (Lipinski definition) is 2. The lowest BCUT2D eigenvalue weighted by Crippen LogP contribution is -2.54. The molecular formula is C11H23NO2. The minimum Gasteiger partial charge on any atom is -0.389 e. The quantitative estimate of drug-likeness (QED) is 0.704. The second-order valence-electron chi connectivity index (χ2n) is 5.00. The Labute approximate surface area is 86.8 Å². The Hall–Kier alpha value is -0.120. The standard InChI is InChI=1S/C11H23NO2/c1-9(10(2,3)13)12-8-11(14-4)6-5-7-11/h9,12-13H,5-8H2,1-4H3. The molecule has 1 unspecified atom stereocenters. The SMILES string of the molecule is COC1(CNC(C)C(C)(C)O)CCC1. The molecule has 0 heterocycles. The lowest BCUT2D eigenvalue weighted by Gasteiger charge is -2.42. The molecule has 84 valence electrons. The zero-order valence-corrected chi connectivity index (χ0v) is 9.76. The van der Waals surface area contributed by atoms with E-state index in [0.29, 0.717) is 0 Å². The zero-order chi connectivity index (χ0) is 10.8. The molecule has 1 aliphatic carbocycles. The molecule has 0 spiro atoms. The second kappa shape index (κ2) is 4.17. The van der Waals surface area contributed by atoms with Crippen molar-refractivity contribution < 1.29 is 9.84 Å². The fraction of sp³-hybridized carbons (Fsp3) is 1.00. The van der Waals surface area contributed by atoms with Gasteiger partial charge in [0.1, 0.15) is 0 Å². The monoisotopic (exact) mass is 201 g/mol. The summed E-state index contributed by atoms with van der Waals surface area (Å²) in [6, 6.07) is 0.0927. The topological polar surface area (TPSA) is 41.5 Å². The molecule has 0 aromatic rings. The lowest BCUT2D eigenvalue weighted by atomic mass is 9.79. The van der Waals surface area contributed by atoms with E-state index in [0.717, 1.165) is 19.4 Å². The number of ether oxygens (including phenoxy) is 1. The molecule has 0 radical (unpaired) electrons. The Morgan fingerprint density at radius 3 is 2.36 bits per heavy atom. The van der Waals surface area contributed by atoms with Gasteiger partial charge < -0.3 is 15.2 Å². The van der Waals surface area contributed by atoms with Gasteiger partial charge in [0.2, 0.25) is 0 Å². The number of hydrogen-bond acceptors (Lipinski definition) is 3. The third-order valence-corrected chi connectivity index (χ3v) is 3.49. The maximum Gasteiger partial charge on any atom is 0.0802 e. The van der Waals surface area contributed by atoms with Crippen molar-refractivity contribution in [3.05, 3.63) is 0 Å².